The fourth-order valence-electron chi connectivity index (χ4n) is 2.22. The molecule has 0 bridgehead atoms. The lowest BCUT2D eigenvalue weighted by Crippen LogP contribution is -2.47. The molecule has 0 aromatic rings. The van der Waals surface area contributed by atoms with Crippen LogP contribution in [0.15, 0.2) is 0 Å². The highest BCUT2D eigenvalue weighted by Crippen LogP contribution is 2.22. The fourth-order valence-corrected chi connectivity index (χ4v) is 2.22. The normalized spacial score (nSPS) is 32.6. The van der Waals surface area contributed by atoms with Crippen molar-refractivity contribution < 1.29 is 4.74 Å². The molecule has 0 amide bonds. The third kappa shape index (κ3) is 3.41. The van der Waals surface area contributed by atoms with Crippen molar-refractivity contribution >= 4 is 0 Å². The summed E-state index contributed by atoms with van der Waals surface area (Å²) in [4.78, 5) is 2.48. The van der Waals surface area contributed by atoms with E-state index in [1.54, 1.807) is 0 Å². The first kappa shape index (κ1) is 11.3. The molecule has 1 aliphatic carbocycles. The molecule has 2 N–H and O–H groups in total. The number of rotatable bonds is 5. The van der Waals surface area contributed by atoms with Crippen LogP contribution >= 0.6 is 0 Å². The van der Waals surface area contributed by atoms with E-state index in [9.17, 15) is 0 Å². The van der Waals surface area contributed by atoms with Gasteiger partial charge in [0.1, 0.15) is 0 Å². The van der Waals surface area contributed by atoms with Gasteiger partial charge in [-0.3, -0.25) is 4.90 Å². The van der Waals surface area contributed by atoms with Crippen LogP contribution in [0, 0.1) is 0 Å². The highest BCUT2D eigenvalue weighted by Gasteiger charge is 2.28. The first-order chi connectivity index (χ1) is 7.38. The van der Waals surface area contributed by atoms with Gasteiger partial charge in [0.15, 0.2) is 0 Å². The minimum Gasteiger partial charge on any atom is -0.377 e. The van der Waals surface area contributed by atoms with Crippen molar-refractivity contribution in [3.05, 3.63) is 0 Å². The molecule has 1 saturated heterocycles. The molecule has 88 valence electrons. The predicted octanol–water partition coefficient (Wildman–Crippen LogP) is -0.341. The fraction of sp³-hybridized carbons (Fsp3) is 1.00. The predicted molar refractivity (Wildman–Crippen MR) is 61.1 cm³/mol. The monoisotopic (exact) mass is 213 g/mol. The average molecular weight is 213 g/mol. The summed E-state index contributed by atoms with van der Waals surface area (Å²) < 4.78 is 5.81. The van der Waals surface area contributed by atoms with E-state index < -0.39 is 0 Å². The second-order valence-electron chi connectivity index (χ2n) is 4.54. The smallest absolute Gasteiger partial charge is 0.0605 e. The molecule has 15 heavy (non-hydrogen) atoms. The molecule has 2 rings (SSSR count). The average Bonchev–Trinajstić information content (AvgIpc) is 2.23. The molecule has 0 radical (unpaired) electrons. The Labute approximate surface area is 92.4 Å². The lowest BCUT2D eigenvalue weighted by Gasteiger charge is -2.35. The van der Waals surface area contributed by atoms with Crippen LogP contribution in [0.25, 0.3) is 0 Å². The maximum Gasteiger partial charge on any atom is 0.0605 e. The van der Waals surface area contributed by atoms with Gasteiger partial charge >= 0.3 is 0 Å². The Morgan fingerprint density at radius 1 is 1.33 bits per heavy atom. The molecule has 0 unspecified atom stereocenters. The SMILES string of the molecule is CNC1CC(OCCN2CCNCC2)C1. The summed E-state index contributed by atoms with van der Waals surface area (Å²) in [7, 11) is 2.03. The van der Waals surface area contributed by atoms with Crippen LogP contribution in [0.5, 0.6) is 0 Å². The summed E-state index contributed by atoms with van der Waals surface area (Å²) in [5, 5.41) is 6.63. The van der Waals surface area contributed by atoms with Crippen molar-refractivity contribution in [2.75, 3.05) is 46.4 Å². The summed E-state index contributed by atoms with van der Waals surface area (Å²) in [6.07, 6.45) is 2.90. The maximum absolute atomic E-state index is 5.81. The minimum absolute atomic E-state index is 0.519. The van der Waals surface area contributed by atoms with Gasteiger partial charge in [-0.2, -0.15) is 0 Å². The van der Waals surface area contributed by atoms with Crippen LogP contribution in [-0.4, -0.2) is 63.4 Å². The minimum atomic E-state index is 0.519. The number of nitrogens with one attached hydrogen (secondary N) is 2. The van der Waals surface area contributed by atoms with E-state index in [0.717, 1.165) is 26.2 Å². The zero-order chi connectivity index (χ0) is 10.5. The van der Waals surface area contributed by atoms with Crippen molar-refractivity contribution in [2.24, 2.45) is 0 Å². The zero-order valence-electron chi connectivity index (χ0n) is 9.67. The molecule has 2 aliphatic rings. The van der Waals surface area contributed by atoms with Crippen LogP contribution in [0.4, 0.5) is 0 Å². The molecule has 4 nitrogen and oxygen atoms in total. The Balaban J connectivity index is 1.48. The topological polar surface area (TPSA) is 36.5 Å². The van der Waals surface area contributed by atoms with Crippen LogP contribution < -0.4 is 10.6 Å². The zero-order valence-corrected chi connectivity index (χ0v) is 9.67. The molecule has 0 aromatic heterocycles. The van der Waals surface area contributed by atoms with Crippen molar-refractivity contribution in [2.45, 2.75) is 25.0 Å². The number of hydrogen-bond acceptors (Lipinski definition) is 4. The van der Waals surface area contributed by atoms with E-state index in [4.69, 9.17) is 4.74 Å². The van der Waals surface area contributed by atoms with E-state index in [2.05, 4.69) is 15.5 Å². The van der Waals surface area contributed by atoms with Crippen LogP contribution in [0.2, 0.25) is 0 Å². The van der Waals surface area contributed by atoms with Crippen molar-refractivity contribution in [1.29, 1.82) is 0 Å². The molecular formula is C11H23N3O. The molecule has 1 saturated carbocycles. The first-order valence-corrected chi connectivity index (χ1v) is 6.10. The highest BCUT2D eigenvalue weighted by atomic mass is 16.5. The molecule has 0 aromatic carbocycles. The Morgan fingerprint density at radius 3 is 2.73 bits per heavy atom. The van der Waals surface area contributed by atoms with Gasteiger partial charge in [0, 0.05) is 38.8 Å². The van der Waals surface area contributed by atoms with Gasteiger partial charge in [-0.15, -0.1) is 0 Å². The van der Waals surface area contributed by atoms with E-state index in [1.165, 1.54) is 25.9 Å². The van der Waals surface area contributed by atoms with E-state index >= 15 is 0 Å². The van der Waals surface area contributed by atoms with Gasteiger partial charge in [0.2, 0.25) is 0 Å². The summed E-state index contributed by atoms with van der Waals surface area (Å²) in [5.74, 6) is 0. The third-order valence-corrected chi connectivity index (χ3v) is 3.47. The Bertz CT molecular complexity index is 177. The standard InChI is InChI=1S/C11H23N3O/c1-12-10-8-11(9-10)15-7-6-14-4-2-13-3-5-14/h10-13H,2-9H2,1H3. The Kier molecular flexibility index (Phi) is 4.38. The summed E-state index contributed by atoms with van der Waals surface area (Å²) in [6, 6.07) is 0.703. The van der Waals surface area contributed by atoms with Crippen molar-refractivity contribution in [1.82, 2.24) is 15.5 Å². The van der Waals surface area contributed by atoms with Gasteiger partial charge < -0.3 is 15.4 Å². The quantitative estimate of drug-likeness (QED) is 0.655. The van der Waals surface area contributed by atoms with Crippen molar-refractivity contribution in [3.8, 4) is 0 Å². The van der Waals surface area contributed by atoms with Crippen LogP contribution in [-0.2, 0) is 4.74 Å². The van der Waals surface area contributed by atoms with Crippen LogP contribution in [0.3, 0.4) is 0 Å². The van der Waals surface area contributed by atoms with Gasteiger partial charge in [-0.05, 0) is 19.9 Å². The first-order valence-electron chi connectivity index (χ1n) is 6.10. The van der Waals surface area contributed by atoms with Gasteiger partial charge in [-0.25, -0.2) is 0 Å². The van der Waals surface area contributed by atoms with Gasteiger partial charge in [0.25, 0.3) is 0 Å². The van der Waals surface area contributed by atoms with E-state index in [0.29, 0.717) is 12.1 Å². The molecule has 2 fully saturated rings. The largest absolute Gasteiger partial charge is 0.377 e. The molecule has 4 heteroatoms. The molecule has 0 spiro atoms. The second-order valence-corrected chi connectivity index (χ2v) is 4.54. The molecule has 0 atom stereocenters. The lowest BCUT2D eigenvalue weighted by atomic mass is 9.89. The summed E-state index contributed by atoms with van der Waals surface area (Å²) >= 11 is 0. The number of hydrogen-bond donors (Lipinski definition) is 2. The summed E-state index contributed by atoms with van der Waals surface area (Å²) in [6.45, 7) is 6.61. The molecular weight excluding hydrogens is 190 g/mol. The summed E-state index contributed by atoms with van der Waals surface area (Å²) in [5.41, 5.74) is 0. The Hall–Kier alpha value is -0.160. The third-order valence-electron chi connectivity index (χ3n) is 3.47. The highest BCUT2D eigenvalue weighted by molar-refractivity contribution is 4.84. The van der Waals surface area contributed by atoms with Crippen LogP contribution in [0.1, 0.15) is 12.8 Å². The van der Waals surface area contributed by atoms with Crippen molar-refractivity contribution in [3.63, 3.8) is 0 Å². The van der Waals surface area contributed by atoms with Gasteiger partial charge in [0.05, 0.1) is 12.7 Å². The number of nitrogens with zero attached hydrogens (tertiary/aromatic N) is 1. The molecule has 1 aliphatic heterocycles. The number of ether oxygens (including phenoxy) is 1. The van der Waals surface area contributed by atoms with Gasteiger partial charge in [-0.1, -0.05) is 0 Å². The number of piperazine rings is 1. The Morgan fingerprint density at radius 2 is 2.07 bits per heavy atom. The second kappa shape index (κ2) is 5.80. The molecule has 1 heterocycles. The van der Waals surface area contributed by atoms with E-state index in [1.807, 2.05) is 7.05 Å². The maximum atomic E-state index is 5.81. The van der Waals surface area contributed by atoms with E-state index in [-0.39, 0.29) is 0 Å². The lowest BCUT2D eigenvalue weighted by molar-refractivity contribution is -0.0235.